The van der Waals surface area contributed by atoms with Crippen LogP contribution in [0.3, 0.4) is 0 Å². The molecule has 5 nitrogen and oxygen atoms in total. The van der Waals surface area contributed by atoms with Crippen LogP contribution in [0.2, 0.25) is 5.15 Å². The fraction of sp³-hybridized carbons (Fsp3) is 0.571. The van der Waals surface area contributed by atoms with Crippen LogP contribution in [0.25, 0.3) is 0 Å². The molecule has 1 N–H and O–H groups in total. The van der Waals surface area contributed by atoms with Crippen molar-refractivity contribution >= 4 is 17.5 Å². The number of pyridine rings is 1. The molecule has 21 heavy (non-hydrogen) atoms. The molecule has 0 aliphatic carbocycles. The van der Waals surface area contributed by atoms with Crippen molar-refractivity contribution in [3.05, 3.63) is 28.8 Å². The lowest BCUT2D eigenvalue weighted by atomic mass is 10.2. The van der Waals surface area contributed by atoms with Gasteiger partial charge < -0.3 is 14.8 Å². The number of hydrogen-bond acceptors (Lipinski definition) is 4. The lowest BCUT2D eigenvalue weighted by Gasteiger charge is -2.10. The topological polar surface area (TPSA) is 60.5 Å². The normalized spacial score (nSPS) is 17.9. The van der Waals surface area contributed by atoms with E-state index in [1.165, 1.54) is 0 Å². The van der Waals surface area contributed by atoms with E-state index in [9.17, 15) is 9.18 Å². The Morgan fingerprint density at radius 2 is 2.48 bits per heavy atom. The third-order valence-electron chi connectivity index (χ3n) is 3.13. The van der Waals surface area contributed by atoms with Gasteiger partial charge in [0.1, 0.15) is 11.0 Å². The summed E-state index contributed by atoms with van der Waals surface area (Å²) in [4.78, 5) is 15.4. The molecule has 0 radical (unpaired) electrons. The van der Waals surface area contributed by atoms with Crippen LogP contribution in [-0.4, -0.2) is 43.4 Å². The second-order valence-electron chi connectivity index (χ2n) is 4.81. The zero-order valence-electron chi connectivity index (χ0n) is 11.6. The van der Waals surface area contributed by atoms with Gasteiger partial charge in [-0.1, -0.05) is 11.6 Å². The largest absolute Gasteiger partial charge is 0.379 e. The Hall–Kier alpha value is -1.24. The van der Waals surface area contributed by atoms with Crippen molar-refractivity contribution in [1.82, 2.24) is 10.3 Å². The molecule has 1 amide bonds. The summed E-state index contributed by atoms with van der Waals surface area (Å²) in [5.41, 5.74) is 0.0388. The van der Waals surface area contributed by atoms with E-state index < -0.39 is 11.7 Å². The second kappa shape index (κ2) is 8.26. The summed E-state index contributed by atoms with van der Waals surface area (Å²) in [7, 11) is 0. The fourth-order valence-electron chi connectivity index (χ4n) is 2.04. The number of aromatic nitrogens is 1. The van der Waals surface area contributed by atoms with Crippen LogP contribution in [0, 0.1) is 5.82 Å². The Balaban J connectivity index is 1.61. The number of nitrogens with zero attached hydrogens (tertiary/aromatic N) is 1. The highest BCUT2D eigenvalue weighted by atomic mass is 35.5. The van der Waals surface area contributed by atoms with E-state index in [1.807, 2.05) is 0 Å². The van der Waals surface area contributed by atoms with Gasteiger partial charge >= 0.3 is 0 Å². The first kappa shape index (κ1) is 16.1. The maximum absolute atomic E-state index is 13.0. The van der Waals surface area contributed by atoms with Crippen LogP contribution >= 0.6 is 11.6 Å². The highest BCUT2D eigenvalue weighted by Gasteiger charge is 2.15. The average Bonchev–Trinajstić information content (AvgIpc) is 2.98. The van der Waals surface area contributed by atoms with Gasteiger partial charge in [-0.05, 0) is 25.3 Å². The van der Waals surface area contributed by atoms with Gasteiger partial charge in [0.15, 0.2) is 0 Å². The Bertz CT molecular complexity index is 481. The summed E-state index contributed by atoms with van der Waals surface area (Å²) in [5.74, 6) is -1.03. The standard InChI is InChI=1S/C14H18ClFN2O3/c15-13-12(7-10(16)8-18-13)14(19)17-4-2-5-20-9-11-3-1-6-21-11/h7-8,11H,1-6,9H2,(H,17,19). The number of hydrogen-bond donors (Lipinski definition) is 1. The van der Waals surface area contributed by atoms with Gasteiger partial charge in [-0.2, -0.15) is 0 Å². The molecule has 2 rings (SSSR count). The molecule has 1 aliphatic heterocycles. The van der Waals surface area contributed by atoms with Crippen LogP contribution in [0.15, 0.2) is 12.3 Å². The van der Waals surface area contributed by atoms with Crippen molar-refractivity contribution < 1.29 is 18.7 Å². The number of halogens is 2. The van der Waals surface area contributed by atoms with E-state index in [-0.39, 0.29) is 16.8 Å². The van der Waals surface area contributed by atoms with E-state index in [4.69, 9.17) is 21.1 Å². The van der Waals surface area contributed by atoms with Crippen LogP contribution in [-0.2, 0) is 9.47 Å². The predicted octanol–water partition coefficient (Wildman–Crippen LogP) is 2.19. The third-order valence-corrected chi connectivity index (χ3v) is 3.43. The molecular weight excluding hydrogens is 299 g/mol. The Kier molecular flexibility index (Phi) is 6.35. The smallest absolute Gasteiger partial charge is 0.254 e. The zero-order valence-corrected chi connectivity index (χ0v) is 12.4. The minimum Gasteiger partial charge on any atom is -0.379 e. The van der Waals surface area contributed by atoms with Crippen LogP contribution in [0.5, 0.6) is 0 Å². The van der Waals surface area contributed by atoms with Crippen molar-refractivity contribution in [3.8, 4) is 0 Å². The third kappa shape index (κ3) is 5.22. The summed E-state index contributed by atoms with van der Waals surface area (Å²) in [6, 6.07) is 1.07. The Labute approximate surface area is 127 Å². The van der Waals surface area contributed by atoms with E-state index in [2.05, 4.69) is 10.3 Å². The molecule has 0 aromatic carbocycles. The molecular formula is C14H18ClFN2O3. The van der Waals surface area contributed by atoms with Gasteiger partial charge in [0.05, 0.1) is 24.5 Å². The van der Waals surface area contributed by atoms with Gasteiger partial charge in [0.2, 0.25) is 0 Å². The first-order valence-electron chi connectivity index (χ1n) is 6.95. The quantitative estimate of drug-likeness (QED) is 0.619. The Morgan fingerprint density at radius 1 is 1.62 bits per heavy atom. The minimum atomic E-state index is -0.593. The number of ether oxygens (including phenoxy) is 2. The minimum absolute atomic E-state index is 0.0106. The summed E-state index contributed by atoms with van der Waals surface area (Å²) in [6.45, 7) is 2.37. The molecule has 1 aromatic heterocycles. The summed E-state index contributed by atoms with van der Waals surface area (Å²) < 4.78 is 23.9. The zero-order chi connectivity index (χ0) is 15.1. The van der Waals surface area contributed by atoms with Gasteiger partial charge in [0, 0.05) is 19.8 Å². The second-order valence-corrected chi connectivity index (χ2v) is 5.17. The van der Waals surface area contributed by atoms with Gasteiger partial charge in [-0.25, -0.2) is 9.37 Å². The number of carbonyl (C=O) groups is 1. The average molecular weight is 317 g/mol. The van der Waals surface area contributed by atoms with Crippen LogP contribution in [0.4, 0.5) is 4.39 Å². The van der Waals surface area contributed by atoms with Crippen molar-refractivity contribution in [2.75, 3.05) is 26.4 Å². The van der Waals surface area contributed by atoms with E-state index in [0.29, 0.717) is 26.2 Å². The summed E-state index contributed by atoms with van der Waals surface area (Å²) in [5, 5.41) is 2.64. The molecule has 1 fully saturated rings. The van der Waals surface area contributed by atoms with Crippen LogP contribution in [0.1, 0.15) is 29.6 Å². The molecule has 0 bridgehead atoms. The monoisotopic (exact) mass is 316 g/mol. The lowest BCUT2D eigenvalue weighted by molar-refractivity contribution is 0.0166. The fourth-order valence-corrected chi connectivity index (χ4v) is 2.23. The number of amides is 1. The SMILES string of the molecule is O=C(NCCCOCC1CCCO1)c1cc(F)cnc1Cl. The van der Waals surface area contributed by atoms with Gasteiger partial charge in [-0.3, -0.25) is 4.79 Å². The lowest BCUT2D eigenvalue weighted by Crippen LogP contribution is -2.26. The molecule has 7 heteroatoms. The summed E-state index contributed by atoms with van der Waals surface area (Å²) >= 11 is 5.75. The van der Waals surface area contributed by atoms with Crippen molar-refractivity contribution in [2.45, 2.75) is 25.4 Å². The van der Waals surface area contributed by atoms with E-state index in [0.717, 1.165) is 31.7 Å². The molecule has 0 spiro atoms. The molecule has 1 unspecified atom stereocenters. The molecule has 1 saturated heterocycles. The van der Waals surface area contributed by atoms with Crippen molar-refractivity contribution in [3.63, 3.8) is 0 Å². The molecule has 1 aliphatic rings. The molecule has 2 heterocycles. The molecule has 116 valence electrons. The highest BCUT2D eigenvalue weighted by molar-refractivity contribution is 6.32. The predicted molar refractivity (Wildman–Crippen MR) is 75.9 cm³/mol. The molecule has 1 atom stereocenters. The first-order valence-corrected chi connectivity index (χ1v) is 7.33. The van der Waals surface area contributed by atoms with E-state index >= 15 is 0 Å². The van der Waals surface area contributed by atoms with Crippen molar-refractivity contribution in [2.24, 2.45) is 0 Å². The van der Waals surface area contributed by atoms with Gasteiger partial charge in [-0.15, -0.1) is 0 Å². The number of carbonyl (C=O) groups excluding carboxylic acids is 1. The van der Waals surface area contributed by atoms with Crippen LogP contribution < -0.4 is 5.32 Å². The highest BCUT2D eigenvalue weighted by Crippen LogP contribution is 2.13. The maximum Gasteiger partial charge on any atom is 0.254 e. The maximum atomic E-state index is 13.0. The summed E-state index contributed by atoms with van der Waals surface area (Å²) in [6.07, 6.45) is 3.97. The van der Waals surface area contributed by atoms with Crippen molar-refractivity contribution in [1.29, 1.82) is 0 Å². The molecule has 1 aromatic rings. The Morgan fingerprint density at radius 3 is 3.24 bits per heavy atom. The van der Waals surface area contributed by atoms with Gasteiger partial charge in [0.25, 0.3) is 5.91 Å². The number of nitrogens with one attached hydrogen (secondary N) is 1. The molecule has 0 saturated carbocycles. The van der Waals surface area contributed by atoms with E-state index in [1.54, 1.807) is 0 Å². The first-order chi connectivity index (χ1) is 10.2. The number of rotatable bonds is 7.